The molecule has 0 unspecified atom stereocenters. The summed E-state index contributed by atoms with van der Waals surface area (Å²) in [5.41, 5.74) is 0.352. The predicted octanol–water partition coefficient (Wildman–Crippen LogP) is 3.46. The summed E-state index contributed by atoms with van der Waals surface area (Å²) in [6.45, 7) is 2.16. The largest absolute Gasteiger partial charge is 0.351 e. The van der Waals surface area contributed by atoms with Crippen LogP contribution in [-0.4, -0.2) is 17.4 Å². The van der Waals surface area contributed by atoms with E-state index in [2.05, 4.69) is 26.2 Å². The van der Waals surface area contributed by atoms with Crippen LogP contribution in [0.4, 0.5) is 8.78 Å². The zero-order valence-corrected chi connectivity index (χ0v) is 12.9. The van der Waals surface area contributed by atoms with Crippen LogP contribution in [0, 0.1) is 18.6 Å². The molecule has 0 saturated heterocycles. The summed E-state index contributed by atoms with van der Waals surface area (Å²) in [6, 6.07) is 2.12. The fourth-order valence-electron chi connectivity index (χ4n) is 1.65. The van der Waals surface area contributed by atoms with Gasteiger partial charge in [0.05, 0.1) is 5.01 Å². The fraction of sp³-hybridized carbons (Fsp3) is 0.231. The molecule has 1 N–H and O–H groups in total. The first kappa shape index (κ1) is 15.1. The zero-order chi connectivity index (χ0) is 14.7. The summed E-state index contributed by atoms with van der Waals surface area (Å²) in [4.78, 5) is 16.0. The van der Waals surface area contributed by atoms with Crippen molar-refractivity contribution in [1.82, 2.24) is 10.3 Å². The van der Waals surface area contributed by atoms with Crippen molar-refractivity contribution in [3.63, 3.8) is 0 Å². The summed E-state index contributed by atoms with van der Waals surface area (Å²) in [5, 5.41) is 5.27. The molecule has 1 amide bonds. The Bertz CT molecular complexity index is 622. The maximum absolute atomic E-state index is 13.6. The van der Waals surface area contributed by atoms with Crippen LogP contribution >= 0.6 is 27.3 Å². The van der Waals surface area contributed by atoms with Crippen LogP contribution in [0.3, 0.4) is 0 Å². The number of nitrogens with one attached hydrogen (secondary N) is 1. The summed E-state index contributed by atoms with van der Waals surface area (Å²) in [6.07, 6.45) is 0.532. The molecule has 1 aromatic heterocycles. The number of carbonyl (C=O) groups excluding carboxylic acids is 1. The molecule has 0 atom stereocenters. The number of aryl methyl sites for hydroxylation is 1. The Balaban J connectivity index is 1.98. The van der Waals surface area contributed by atoms with Gasteiger partial charge in [-0.3, -0.25) is 4.79 Å². The minimum absolute atomic E-state index is 0.252. The Morgan fingerprint density at radius 2 is 2.05 bits per heavy atom. The van der Waals surface area contributed by atoms with E-state index in [-0.39, 0.29) is 11.0 Å². The highest BCUT2D eigenvalue weighted by atomic mass is 79.9. The number of carbonyl (C=O) groups is 1. The Morgan fingerprint density at radius 1 is 1.40 bits per heavy atom. The lowest BCUT2D eigenvalue weighted by Crippen LogP contribution is -2.27. The number of aromatic nitrogens is 1. The van der Waals surface area contributed by atoms with Gasteiger partial charge in [0.15, 0.2) is 0 Å². The molecule has 0 aliphatic carbocycles. The van der Waals surface area contributed by atoms with E-state index in [1.807, 2.05) is 12.3 Å². The van der Waals surface area contributed by atoms with E-state index in [0.717, 1.165) is 22.8 Å². The van der Waals surface area contributed by atoms with Crippen LogP contribution in [0.5, 0.6) is 0 Å². The molecular weight excluding hydrogens is 350 g/mol. The number of thiazole rings is 1. The van der Waals surface area contributed by atoms with E-state index in [9.17, 15) is 13.6 Å². The molecule has 2 rings (SSSR count). The van der Waals surface area contributed by atoms with Crippen molar-refractivity contribution in [2.75, 3.05) is 6.54 Å². The monoisotopic (exact) mass is 360 g/mol. The second-order valence-electron chi connectivity index (χ2n) is 4.13. The van der Waals surface area contributed by atoms with Gasteiger partial charge in [0.2, 0.25) is 0 Å². The third-order valence-corrected chi connectivity index (χ3v) is 4.01. The highest BCUT2D eigenvalue weighted by Gasteiger charge is 2.18. The number of rotatable bonds is 4. The summed E-state index contributed by atoms with van der Waals surface area (Å²) in [5.74, 6) is -2.54. The summed E-state index contributed by atoms with van der Waals surface area (Å²) < 4.78 is 27.4. The Kier molecular flexibility index (Phi) is 4.82. The topological polar surface area (TPSA) is 42.0 Å². The molecule has 106 valence electrons. The second-order valence-corrected chi connectivity index (χ2v) is 5.99. The second kappa shape index (κ2) is 6.41. The maximum atomic E-state index is 13.6. The van der Waals surface area contributed by atoms with Crippen LogP contribution in [-0.2, 0) is 6.42 Å². The zero-order valence-electron chi connectivity index (χ0n) is 10.5. The molecule has 0 radical (unpaired) electrons. The Morgan fingerprint density at radius 3 is 2.60 bits per heavy atom. The third-order valence-electron chi connectivity index (χ3n) is 2.52. The SMILES string of the molecule is Cc1csc(CCNC(=O)c2c(F)cc(Br)cc2F)n1. The van der Waals surface area contributed by atoms with E-state index in [1.165, 1.54) is 11.3 Å². The fourth-order valence-corrected chi connectivity index (χ4v) is 2.83. The first-order chi connectivity index (χ1) is 9.47. The molecule has 2 aromatic rings. The van der Waals surface area contributed by atoms with Gasteiger partial charge in [-0.2, -0.15) is 0 Å². The standard InChI is InChI=1S/C13H11BrF2N2OS/c1-7-6-20-11(18-7)2-3-17-13(19)12-9(15)4-8(14)5-10(12)16/h4-6H,2-3H2,1H3,(H,17,19). The summed E-state index contributed by atoms with van der Waals surface area (Å²) >= 11 is 4.45. The highest BCUT2D eigenvalue weighted by Crippen LogP contribution is 2.19. The minimum Gasteiger partial charge on any atom is -0.351 e. The Hall–Kier alpha value is -1.34. The minimum atomic E-state index is -0.889. The van der Waals surface area contributed by atoms with Crippen molar-refractivity contribution in [2.45, 2.75) is 13.3 Å². The van der Waals surface area contributed by atoms with Crippen LogP contribution in [0.1, 0.15) is 21.1 Å². The molecule has 0 bridgehead atoms. The van der Waals surface area contributed by atoms with Crippen molar-refractivity contribution in [3.05, 3.63) is 49.9 Å². The first-order valence-electron chi connectivity index (χ1n) is 5.81. The number of halogens is 3. The van der Waals surface area contributed by atoms with E-state index >= 15 is 0 Å². The molecule has 0 fully saturated rings. The van der Waals surface area contributed by atoms with Gasteiger partial charge in [-0.1, -0.05) is 15.9 Å². The van der Waals surface area contributed by atoms with Crippen molar-refractivity contribution in [1.29, 1.82) is 0 Å². The van der Waals surface area contributed by atoms with Gasteiger partial charge in [-0.15, -0.1) is 11.3 Å². The average Bonchev–Trinajstić information content (AvgIpc) is 2.73. The van der Waals surface area contributed by atoms with Gasteiger partial charge in [-0.05, 0) is 19.1 Å². The summed E-state index contributed by atoms with van der Waals surface area (Å²) in [7, 11) is 0. The van der Waals surface area contributed by atoms with Gasteiger partial charge in [0.1, 0.15) is 17.2 Å². The van der Waals surface area contributed by atoms with Crippen LogP contribution < -0.4 is 5.32 Å². The predicted molar refractivity (Wildman–Crippen MR) is 76.9 cm³/mol. The van der Waals surface area contributed by atoms with Crippen molar-refractivity contribution < 1.29 is 13.6 Å². The highest BCUT2D eigenvalue weighted by molar-refractivity contribution is 9.10. The molecule has 0 aliphatic heterocycles. The number of benzene rings is 1. The van der Waals surface area contributed by atoms with E-state index < -0.39 is 23.1 Å². The lowest BCUT2D eigenvalue weighted by Gasteiger charge is -2.06. The van der Waals surface area contributed by atoms with Crippen molar-refractivity contribution >= 4 is 33.2 Å². The van der Waals surface area contributed by atoms with Gasteiger partial charge < -0.3 is 5.32 Å². The quantitative estimate of drug-likeness (QED) is 0.906. The molecule has 20 heavy (non-hydrogen) atoms. The van der Waals surface area contributed by atoms with Crippen LogP contribution in [0.15, 0.2) is 22.0 Å². The van der Waals surface area contributed by atoms with Gasteiger partial charge in [-0.25, -0.2) is 13.8 Å². The number of hydrogen-bond acceptors (Lipinski definition) is 3. The third kappa shape index (κ3) is 3.61. The van der Waals surface area contributed by atoms with E-state index in [0.29, 0.717) is 6.42 Å². The van der Waals surface area contributed by atoms with Crippen molar-refractivity contribution in [2.24, 2.45) is 0 Å². The van der Waals surface area contributed by atoms with E-state index in [1.54, 1.807) is 0 Å². The number of nitrogens with zero attached hydrogens (tertiary/aromatic N) is 1. The molecule has 3 nitrogen and oxygen atoms in total. The van der Waals surface area contributed by atoms with E-state index in [4.69, 9.17) is 0 Å². The Labute approximate surface area is 127 Å². The normalized spacial score (nSPS) is 10.6. The smallest absolute Gasteiger partial charge is 0.257 e. The molecule has 0 aliphatic rings. The lowest BCUT2D eigenvalue weighted by atomic mass is 10.2. The molecular formula is C13H11BrF2N2OS. The number of hydrogen-bond donors (Lipinski definition) is 1. The lowest BCUT2D eigenvalue weighted by molar-refractivity contribution is 0.0945. The molecule has 1 heterocycles. The number of amides is 1. The van der Waals surface area contributed by atoms with Gasteiger partial charge >= 0.3 is 0 Å². The molecule has 0 saturated carbocycles. The molecule has 0 spiro atoms. The molecule has 7 heteroatoms. The van der Waals surface area contributed by atoms with Gasteiger partial charge in [0.25, 0.3) is 5.91 Å². The molecule has 1 aromatic carbocycles. The van der Waals surface area contributed by atoms with Crippen LogP contribution in [0.2, 0.25) is 0 Å². The van der Waals surface area contributed by atoms with Gasteiger partial charge in [0, 0.05) is 28.5 Å². The average molecular weight is 361 g/mol. The maximum Gasteiger partial charge on any atom is 0.257 e. The van der Waals surface area contributed by atoms with Crippen molar-refractivity contribution in [3.8, 4) is 0 Å². The first-order valence-corrected chi connectivity index (χ1v) is 7.48. The van der Waals surface area contributed by atoms with Crippen LogP contribution in [0.25, 0.3) is 0 Å².